The lowest BCUT2D eigenvalue weighted by Crippen LogP contribution is -2.29. The Labute approximate surface area is 222 Å². The van der Waals surface area contributed by atoms with Gasteiger partial charge >= 0.3 is 5.97 Å². The number of carbonyl (C=O) groups excluding carboxylic acids is 3. The summed E-state index contributed by atoms with van der Waals surface area (Å²) < 4.78 is 10.5. The Hall–Kier alpha value is -4.39. The molecule has 3 aromatic rings. The lowest BCUT2D eigenvalue weighted by molar-refractivity contribution is -0.146. The van der Waals surface area contributed by atoms with Crippen LogP contribution >= 0.6 is 0 Å². The summed E-state index contributed by atoms with van der Waals surface area (Å²) in [5.74, 6) is -1.46. The number of rotatable bonds is 7. The molecule has 1 saturated heterocycles. The molecule has 7 nitrogen and oxygen atoms in total. The molecule has 1 N–H and O–H groups in total. The van der Waals surface area contributed by atoms with Crippen molar-refractivity contribution in [3.63, 3.8) is 0 Å². The van der Waals surface area contributed by atoms with Crippen molar-refractivity contribution in [3.8, 4) is 5.75 Å². The highest BCUT2D eigenvalue weighted by Crippen LogP contribution is 2.42. The predicted molar refractivity (Wildman–Crippen MR) is 145 cm³/mol. The van der Waals surface area contributed by atoms with Gasteiger partial charge in [0.15, 0.2) is 0 Å². The van der Waals surface area contributed by atoms with Gasteiger partial charge in [0.05, 0.1) is 31.2 Å². The molecule has 3 aromatic carbocycles. The van der Waals surface area contributed by atoms with Crippen LogP contribution < -0.4 is 9.64 Å². The van der Waals surface area contributed by atoms with Gasteiger partial charge < -0.3 is 14.6 Å². The largest absolute Gasteiger partial charge is 0.507 e. The van der Waals surface area contributed by atoms with Crippen molar-refractivity contribution in [2.24, 2.45) is 0 Å². The number of aryl methyl sites for hydroxylation is 2. The lowest BCUT2D eigenvalue weighted by Gasteiger charge is -2.26. The van der Waals surface area contributed by atoms with Crippen LogP contribution in [0.5, 0.6) is 5.75 Å². The molecular weight excluding hydrogens is 482 g/mol. The molecular formula is C31H31NO6. The van der Waals surface area contributed by atoms with Crippen LogP contribution in [0.25, 0.3) is 5.76 Å². The molecule has 0 bridgehead atoms. The van der Waals surface area contributed by atoms with E-state index in [0.717, 1.165) is 16.7 Å². The summed E-state index contributed by atoms with van der Waals surface area (Å²) in [6.45, 7) is 7.34. The number of carbonyl (C=O) groups is 3. The standard InChI is InChI=1S/C31H31NO6/c1-18(2)38-26(33)17-21-9-12-24(13-10-21)32-28(22-8-6-7-19(3)15-22)27(30(35)31(32)36)29(34)23-11-14-25(37-5)20(4)16-23/h6-16,18,28,34H,17H2,1-5H3/b29-27-. The summed E-state index contributed by atoms with van der Waals surface area (Å²) in [5, 5.41) is 11.4. The minimum atomic E-state index is -0.839. The average molecular weight is 514 g/mol. The summed E-state index contributed by atoms with van der Waals surface area (Å²) >= 11 is 0. The molecule has 0 aromatic heterocycles. The lowest BCUT2D eigenvalue weighted by atomic mass is 9.93. The third kappa shape index (κ3) is 5.32. The number of hydrogen-bond donors (Lipinski definition) is 1. The van der Waals surface area contributed by atoms with Gasteiger partial charge in [0.25, 0.3) is 11.7 Å². The van der Waals surface area contributed by atoms with E-state index in [0.29, 0.717) is 22.6 Å². The molecule has 0 saturated carbocycles. The van der Waals surface area contributed by atoms with Crippen molar-refractivity contribution in [2.75, 3.05) is 12.0 Å². The zero-order valence-corrected chi connectivity index (χ0v) is 22.1. The van der Waals surface area contributed by atoms with E-state index >= 15 is 0 Å². The molecule has 1 amide bonds. The summed E-state index contributed by atoms with van der Waals surface area (Å²) in [7, 11) is 1.56. The highest BCUT2D eigenvalue weighted by molar-refractivity contribution is 6.51. The van der Waals surface area contributed by atoms with Gasteiger partial charge in [0.2, 0.25) is 0 Å². The minimum absolute atomic E-state index is 0.00903. The number of aliphatic hydroxyl groups excluding tert-OH is 1. The third-order valence-corrected chi connectivity index (χ3v) is 6.40. The van der Waals surface area contributed by atoms with Gasteiger partial charge in [0.1, 0.15) is 11.5 Å². The van der Waals surface area contributed by atoms with E-state index in [9.17, 15) is 19.5 Å². The zero-order valence-electron chi connectivity index (χ0n) is 22.1. The van der Waals surface area contributed by atoms with Crippen molar-refractivity contribution < 1.29 is 29.0 Å². The second kappa shape index (κ2) is 10.9. The van der Waals surface area contributed by atoms with E-state index in [-0.39, 0.29) is 29.8 Å². The number of hydrogen-bond acceptors (Lipinski definition) is 6. The molecule has 4 rings (SSSR count). The highest BCUT2D eigenvalue weighted by Gasteiger charge is 2.47. The molecule has 0 aliphatic carbocycles. The maximum atomic E-state index is 13.4. The predicted octanol–water partition coefficient (Wildman–Crippen LogP) is 5.43. The molecule has 1 aliphatic heterocycles. The number of esters is 1. The minimum Gasteiger partial charge on any atom is -0.507 e. The number of amides is 1. The first-order chi connectivity index (χ1) is 18.1. The van der Waals surface area contributed by atoms with Crippen molar-refractivity contribution in [3.05, 3.63) is 100 Å². The van der Waals surface area contributed by atoms with Crippen LogP contribution in [-0.2, 0) is 25.5 Å². The Balaban J connectivity index is 1.80. The summed E-state index contributed by atoms with van der Waals surface area (Å²) in [5.41, 5.74) is 4.05. The fourth-order valence-electron chi connectivity index (χ4n) is 4.68. The van der Waals surface area contributed by atoms with Gasteiger partial charge in [0, 0.05) is 11.3 Å². The molecule has 1 atom stereocenters. The Bertz CT molecular complexity index is 1420. The topological polar surface area (TPSA) is 93.1 Å². The average Bonchev–Trinajstić information content (AvgIpc) is 3.14. The second-order valence-electron chi connectivity index (χ2n) is 9.65. The van der Waals surface area contributed by atoms with E-state index in [2.05, 4.69) is 0 Å². The van der Waals surface area contributed by atoms with Crippen molar-refractivity contribution >= 4 is 29.1 Å². The molecule has 1 aliphatic rings. The molecule has 0 spiro atoms. The third-order valence-electron chi connectivity index (χ3n) is 6.40. The van der Waals surface area contributed by atoms with Crippen LogP contribution in [0.4, 0.5) is 5.69 Å². The van der Waals surface area contributed by atoms with Gasteiger partial charge in [-0.15, -0.1) is 0 Å². The first-order valence-electron chi connectivity index (χ1n) is 12.4. The Morgan fingerprint density at radius 2 is 1.71 bits per heavy atom. The van der Waals surface area contributed by atoms with E-state index in [1.54, 1.807) is 63.4 Å². The fraction of sp³-hybridized carbons (Fsp3) is 0.258. The Morgan fingerprint density at radius 1 is 1.00 bits per heavy atom. The fourth-order valence-corrected chi connectivity index (χ4v) is 4.68. The molecule has 1 unspecified atom stereocenters. The number of ketones is 1. The summed E-state index contributed by atoms with van der Waals surface area (Å²) in [6, 6.07) is 18.6. The number of Topliss-reactive ketones (excluding diaryl/α,β-unsaturated/α-hetero) is 1. The maximum absolute atomic E-state index is 13.4. The quantitative estimate of drug-likeness (QED) is 0.196. The normalized spacial score (nSPS) is 16.7. The van der Waals surface area contributed by atoms with Gasteiger partial charge in [-0.05, 0) is 74.7 Å². The van der Waals surface area contributed by atoms with E-state index in [4.69, 9.17) is 9.47 Å². The number of aliphatic hydroxyl groups is 1. The van der Waals surface area contributed by atoms with Gasteiger partial charge in [-0.25, -0.2) is 0 Å². The van der Waals surface area contributed by atoms with E-state index < -0.39 is 17.7 Å². The summed E-state index contributed by atoms with van der Waals surface area (Å²) in [4.78, 5) is 40.3. The highest BCUT2D eigenvalue weighted by atomic mass is 16.5. The van der Waals surface area contributed by atoms with E-state index in [1.807, 2.05) is 38.1 Å². The van der Waals surface area contributed by atoms with Crippen molar-refractivity contribution in [1.82, 2.24) is 0 Å². The van der Waals surface area contributed by atoms with Crippen LogP contribution in [0.1, 0.15) is 47.7 Å². The van der Waals surface area contributed by atoms with Crippen LogP contribution in [0, 0.1) is 13.8 Å². The number of nitrogens with zero attached hydrogens (tertiary/aromatic N) is 1. The molecule has 196 valence electrons. The smallest absolute Gasteiger partial charge is 0.310 e. The monoisotopic (exact) mass is 513 g/mol. The molecule has 1 heterocycles. The molecule has 0 radical (unpaired) electrons. The first kappa shape index (κ1) is 26.7. The van der Waals surface area contributed by atoms with Crippen LogP contribution in [0.15, 0.2) is 72.3 Å². The van der Waals surface area contributed by atoms with Crippen LogP contribution in [0.3, 0.4) is 0 Å². The SMILES string of the molecule is COc1ccc(/C(O)=C2/C(=O)C(=O)N(c3ccc(CC(=O)OC(C)C)cc3)C2c2cccc(C)c2)cc1C. The summed E-state index contributed by atoms with van der Waals surface area (Å²) in [6.07, 6.45) is -0.118. The molecule has 1 fully saturated rings. The molecule has 38 heavy (non-hydrogen) atoms. The first-order valence-corrected chi connectivity index (χ1v) is 12.4. The number of ether oxygens (including phenoxy) is 2. The second-order valence-corrected chi connectivity index (χ2v) is 9.65. The Kier molecular flexibility index (Phi) is 7.67. The number of benzene rings is 3. The molecule has 7 heteroatoms. The van der Waals surface area contributed by atoms with Crippen LogP contribution in [-0.4, -0.2) is 36.0 Å². The van der Waals surface area contributed by atoms with Gasteiger partial charge in [-0.3, -0.25) is 19.3 Å². The van der Waals surface area contributed by atoms with E-state index in [1.165, 1.54) is 4.90 Å². The maximum Gasteiger partial charge on any atom is 0.310 e. The number of methoxy groups -OCH3 is 1. The Morgan fingerprint density at radius 3 is 2.32 bits per heavy atom. The zero-order chi connectivity index (χ0) is 27.6. The van der Waals surface area contributed by atoms with Crippen molar-refractivity contribution in [2.45, 2.75) is 46.3 Å². The van der Waals surface area contributed by atoms with Crippen LogP contribution in [0.2, 0.25) is 0 Å². The number of anilines is 1. The van der Waals surface area contributed by atoms with Gasteiger partial charge in [-0.1, -0.05) is 42.0 Å². The van der Waals surface area contributed by atoms with Gasteiger partial charge in [-0.2, -0.15) is 0 Å². The van der Waals surface area contributed by atoms with Crippen molar-refractivity contribution in [1.29, 1.82) is 0 Å².